The van der Waals surface area contributed by atoms with E-state index in [1.807, 2.05) is 29.2 Å². The Labute approximate surface area is 147 Å². The van der Waals surface area contributed by atoms with Crippen molar-refractivity contribution >= 4 is 17.1 Å². The number of rotatable bonds is 4. The zero-order valence-electron chi connectivity index (χ0n) is 14.5. The van der Waals surface area contributed by atoms with Gasteiger partial charge in [0.15, 0.2) is 11.5 Å². The van der Waals surface area contributed by atoms with Crippen molar-refractivity contribution in [2.45, 2.75) is 50.5 Å². The van der Waals surface area contributed by atoms with Gasteiger partial charge in [-0.3, -0.25) is 0 Å². The number of urea groups is 1. The van der Waals surface area contributed by atoms with E-state index in [-0.39, 0.29) is 11.9 Å². The SMILES string of the molecule is O=C(NC(C1CC1)C1CC1)N1CCC[C@H](c2nc3ccccc3o2)C1. The minimum Gasteiger partial charge on any atom is -0.440 e. The van der Waals surface area contributed by atoms with Gasteiger partial charge in [-0.25, -0.2) is 9.78 Å². The lowest BCUT2D eigenvalue weighted by Gasteiger charge is -2.33. The highest BCUT2D eigenvalue weighted by atomic mass is 16.3. The highest BCUT2D eigenvalue weighted by molar-refractivity contribution is 5.75. The van der Waals surface area contributed by atoms with E-state index in [0.29, 0.717) is 12.6 Å². The van der Waals surface area contributed by atoms with Crippen LogP contribution in [-0.4, -0.2) is 35.0 Å². The summed E-state index contributed by atoms with van der Waals surface area (Å²) in [4.78, 5) is 19.4. The molecule has 1 aromatic heterocycles. The standard InChI is InChI=1S/C20H25N3O2/c24-20(22-18(13-7-8-13)14-9-10-14)23-11-3-4-15(12-23)19-21-16-5-1-2-6-17(16)25-19/h1-2,5-6,13-15,18H,3-4,7-12H2,(H,22,24)/t15-/m0/s1. The van der Waals surface area contributed by atoms with E-state index >= 15 is 0 Å². The third-order valence-corrected chi connectivity index (χ3v) is 5.92. The summed E-state index contributed by atoms with van der Waals surface area (Å²) in [5.41, 5.74) is 1.74. The molecule has 5 heteroatoms. The van der Waals surface area contributed by atoms with Crippen LogP contribution >= 0.6 is 0 Å². The predicted octanol–water partition coefficient (Wildman–Crippen LogP) is 3.91. The number of aromatic nitrogens is 1. The van der Waals surface area contributed by atoms with E-state index in [2.05, 4.69) is 10.3 Å². The molecule has 5 nitrogen and oxygen atoms in total. The molecule has 5 rings (SSSR count). The topological polar surface area (TPSA) is 58.4 Å². The van der Waals surface area contributed by atoms with Crippen LogP contribution in [0.2, 0.25) is 0 Å². The largest absolute Gasteiger partial charge is 0.440 e. The molecule has 3 aliphatic rings. The van der Waals surface area contributed by atoms with Crippen molar-refractivity contribution in [1.29, 1.82) is 0 Å². The Morgan fingerprint density at radius 2 is 1.92 bits per heavy atom. The fourth-order valence-corrected chi connectivity index (χ4v) is 4.19. The molecule has 1 aromatic carbocycles. The third-order valence-electron chi connectivity index (χ3n) is 5.92. The quantitative estimate of drug-likeness (QED) is 0.919. The number of oxazole rings is 1. The van der Waals surface area contributed by atoms with Crippen LogP contribution in [0.3, 0.4) is 0 Å². The number of carbonyl (C=O) groups is 1. The summed E-state index contributed by atoms with van der Waals surface area (Å²) >= 11 is 0. The van der Waals surface area contributed by atoms with Gasteiger partial charge >= 0.3 is 6.03 Å². The van der Waals surface area contributed by atoms with Crippen LogP contribution in [0.4, 0.5) is 4.79 Å². The molecule has 0 spiro atoms. The van der Waals surface area contributed by atoms with Gasteiger partial charge < -0.3 is 14.6 Å². The number of hydrogen-bond acceptors (Lipinski definition) is 3. The summed E-state index contributed by atoms with van der Waals surface area (Å²) in [5.74, 6) is 2.44. The average molecular weight is 339 g/mol. The number of carbonyl (C=O) groups excluding carboxylic acids is 1. The summed E-state index contributed by atoms with van der Waals surface area (Å²) in [5, 5.41) is 3.35. The lowest BCUT2D eigenvalue weighted by Crippen LogP contribution is -2.49. The van der Waals surface area contributed by atoms with Gasteiger partial charge in [-0.1, -0.05) is 12.1 Å². The molecule has 1 atom stereocenters. The minimum absolute atomic E-state index is 0.115. The molecule has 0 bridgehead atoms. The number of benzene rings is 1. The van der Waals surface area contributed by atoms with Gasteiger partial charge in [0.2, 0.25) is 0 Å². The Morgan fingerprint density at radius 1 is 1.16 bits per heavy atom. The summed E-state index contributed by atoms with van der Waals surface area (Å²) in [7, 11) is 0. The summed E-state index contributed by atoms with van der Waals surface area (Å²) in [6, 6.07) is 8.40. The van der Waals surface area contributed by atoms with Gasteiger partial charge in [-0.15, -0.1) is 0 Å². The first-order valence-electron chi connectivity index (χ1n) is 9.69. The van der Waals surface area contributed by atoms with Gasteiger partial charge in [0.25, 0.3) is 0 Å². The Balaban J connectivity index is 1.27. The van der Waals surface area contributed by atoms with Crippen LogP contribution in [-0.2, 0) is 0 Å². The molecule has 0 radical (unpaired) electrons. The first-order chi connectivity index (χ1) is 12.3. The van der Waals surface area contributed by atoms with Crippen LogP contribution in [0.5, 0.6) is 0 Å². The van der Waals surface area contributed by atoms with E-state index in [1.54, 1.807) is 0 Å². The van der Waals surface area contributed by atoms with Crippen molar-refractivity contribution in [2.24, 2.45) is 11.8 Å². The molecule has 2 aromatic rings. The molecule has 1 N–H and O–H groups in total. The molecule has 2 saturated carbocycles. The third kappa shape index (κ3) is 3.12. The molecule has 132 valence electrons. The first kappa shape index (κ1) is 15.2. The number of nitrogens with zero attached hydrogens (tertiary/aromatic N) is 2. The Morgan fingerprint density at radius 3 is 2.64 bits per heavy atom. The Kier molecular flexibility index (Phi) is 3.68. The normalized spacial score (nSPS) is 24.0. The second-order valence-electron chi connectivity index (χ2n) is 7.96. The van der Waals surface area contributed by atoms with Crippen molar-refractivity contribution < 1.29 is 9.21 Å². The summed E-state index contributed by atoms with van der Waals surface area (Å²) in [6.45, 7) is 1.55. The fraction of sp³-hybridized carbons (Fsp3) is 0.600. The van der Waals surface area contributed by atoms with Gasteiger partial charge in [0.05, 0.1) is 5.92 Å². The molecule has 1 aliphatic heterocycles. The lowest BCUT2D eigenvalue weighted by molar-refractivity contribution is 0.168. The molecule has 2 heterocycles. The van der Waals surface area contributed by atoms with Gasteiger partial charge in [0, 0.05) is 19.1 Å². The average Bonchev–Trinajstić information content (AvgIpc) is 3.57. The highest BCUT2D eigenvalue weighted by Crippen LogP contribution is 2.44. The maximum Gasteiger partial charge on any atom is 0.317 e. The molecular formula is C20H25N3O2. The van der Waals surface area contributed by atoms with Crippen LogP contribution in [0.1, 0.15) is 50.3 Å². The van der Waals surface area contributed by atoms with Crippen LogP contribution < -0.4 is 5.32 Å². The Hall–Kier alpha value is -2.04. The van der Waals surface area contributed by atoms with Crippen LogP contribution in [0.25, 0.3) is 11.1 Å². The second kappa shape index (κ2) is 6.04. The number of amides is 2. The fourth-order valence-electron chi connectivity index (χ4n) is 4.19. The maximum atomic E-state index is 12.8. The van der Waals surface area contributed by atoms with Crippen molar-refractivity contribution in [3.8, 4) is 0 Å². The number of para-hydroxylation sites is 2. The number of nitrogens with one attached hydrogen (secondary N) is 1. The highest BCUT2D eigenvalue weighted by Gasteiger charge is 2.43. The lowest BCUT2D eigenvalue weighted by atomic mass is 9.98. The summed E-state index contributed by atoms with van der Waals surface area (Å²) < 4.78 is 5.94. The molecule has 25 heavy (non-hydrogen) atoms. The van der Waals surface area contributed by atoms with Gasteiger partial charge in [0.1, 0.15) is 5.52 Å². The van der Waals surface area contributed by atoms with E-state index in [0.717, 1.165) is 48.2 Å². The molecule has 2 amide bonds. The number of fused-ring (bicyclic) bond motifs is 1. The smallest absolute Gasteiger partial charge is 0.317 e. The number of piperidine rings is 1. The van der Waals surface area contributed by atoms with E-state index < -0.39 is 0 Å². The van der Waals surface area contributed by atoms with Crippen molar-refractivity contribution in [2.75, 3.05) is 13.1 Å². The minimum atomic E-state index is 0.115. The van der Waals surface area contributed by atoms with Gasteiger partial charge in [-0.2, -0.15) is 0 Å². The molecule has 1 saturated heterocycles. The zero-order valence-corrected chi connectivity index (χ0v) is 14.5. The van der Waals surface area contributed by atoms with Crippen molar-refractivity contribution in [3.05, 3.63) is 30.2 Å². The van der Waals surface area contributed by atoms with E-state index in [1.165, 1.54) is 25.7 Å². The second-order valence-corrected chi connectivity index (χ2v) is 7.96. The molecular weight excluding hydrogens is 314 g/mol. The first-order valence-corrected chi connectivity index (χ1v) is 9.69. The van der Waals surface area contributed by atoms with Crippen molar-refractivity contribution in [1.82, 2.24) is 15.2 Å². The zero-order chi connectivity index (χ0) is 16.8. The van der Waals surface area contributed by atoms with Crippen LogP contribution in [0, 0.1) is 11.8 Å². The van der Waals surface area contributed by atoms with Gasteiger partial charge in [-0.05, 0) is 62.5 Å². The molecule has 0 unspecified atom stereocenters. The number of hydrogen-bond donors (Lipinski definition) is 1. The Bertz CT molecular complexity index is 733. The molecule has 3 fully saturated rings. The van der Waals surface area contributed by atoms with E-state index in [4.69, 9.17) is 4.42 Å². The van der Waals surface area contributed by atoms with E-state index in [9.17, 15) is 4.79 Å². The van der Waals surface area contributed by atoms with Crippen molar-refractivity contribution in [3.63, 3.8) is 0 Å². The summed E-state index contributed by atoms with van der Waals surface area (Å²) in [6.07, 6.45) is 7.18. The maximum absolute atomic E-state index is 12.8. The predicted molar refractivity (Wildman–Crippen MR) is 95.3 cm³/mol. The molecule has 2 aliphatic carbocycles. The monoisotopic (exact) mass is 339 g/mol. The number of likely N-dealkylation sites (tertiary alicyclic amines) is 1. The van der Waals surface area contributed by atoms with Crippen LogP contribution in [0.15, 0.2) is 28.7 Å².